The maximum absolute atomic E-state index is 9.77. The lowest BCUT2D eigenvalue weighted by molar-refractivity contribution is 0.0975. The normalized spacial score (nSPS) is 21.1. The molecule has 1 N–H and O–H groups in total. The van der Waals surface area contributed by atoms with E-state index >= 15 is 0 Å². The Hall–Kier alpha value is -0.0982. The third-order valence-corrected chi connectivity index (χ3v) is 10.7. The zero-order valence-electron chi connectivity index (χ0n) is 14.1. The van der Waals surface area contributed by atoms with E-state index < -0.39 is 15.4 Å². The van der Waals surface area contributed by atoms with E-state index in [1.54, 1.807) is 0 Å². The molecule has 1 heterocycles. The summed E-state index contributed by atoms with van der Waals surface area (Å²) in [4.78, 5) is 0. The van der Waals surface area contributed by atoms with Crippen LogP contribution in [0.3, 0.4) is 0 Å². The van der Waals surface area contributed by atoms with E-state index in [0.29, 0.717) is 23.2 Å². The van der Waals surface area contributed by atoms with Crippen LogP contribution >= 0.6 is 0 Å². The molecule has 0 amide bonds. The first-order valence-corrected chi connectivity index (χ1v) is 9.99. The van der Waals surface area contributed by atoms with Crippen molar-refractivity contribution in [1.29, 1.82) is 0 Å². The van der Waals surface area contributed by atoms with Crippen molar-refractivity contribution in [2.75, 3.05) is 6.61 Å². The van der Waals surface area contributed by atoms with Crippen LogP contribution < -0.4 is 0 Å². The molecule has 1 atom stereocenters. The molecule has 0 saturated carbocycles. The zero-order chi connectivity index (χ0) is 15.5. The first-order chi connectivity index (χ1) is 9.21. The highest BCUT2D eigenvalue weighted by Gasteiger charge is 2.45. The third kappa shape index (κ3) is 3.76. The van der Waals surface area contributed by atoms with Crippen LogP contribution in [0, 0.1) is 0 Å². The van der Waals surface area contributed by atoms with Crippen molar-refractivity contribution >= 4 is 15.4 Å². The van der Waals surface area contributed by atoms with Crippen LogP contribution in [0.15, 0.2) is 11.5 Å². The predicted octanol–water partition coefficient (Wildman–Crippen LogP) is 3.93. The van der Waals surface area contributed by atoms with Gasteiger partial charge in [0.15, 0.2) is 8.32 Å². The minimum Gasteiger partial charge on any atom is -0.423 e. The van der Waals surface area contributed by atoms with Crippen molar-refractivity contribution in [2.24, 2.45) is 0 Å². The second-order valence-electron chi connectivity index (χ2n) is 6.92. The Morgan fingerprint density at radius 1 is 1.25 bits per heavy atom. The Labute approximate surface area is 126 Å². The van der Waals surface area contributed by atoms with Crippen molar-refractivity contribution < 1.29 is 14.1 Å². The molecule has 0 spiro atoms. The molecule has 3 nitrogen and oxygen atoms in total. The summed E-state index contributed by atoms with van der Waals surface area (Å²) in [6.07, 6.45) is 2.88. The Kier molecular flexibility index (Phi) is 6.51. The van der Waals surface area contributed by atoms with Gasteiger partial charge in [0.05, 0.1) is 12.7 Å². The molecule has 0 fully saturated rings. The van der Waals surface area contributed by atoms with Crippen molar-refractivity contribution in [3.63, 3.8) is 0 Å². The number of hydrogen-bond donors (Lipinski definition) is 1. The summed E-state index contributed by atoms with van der Waals surface area (Å²) in [6, 6.07) is 0. The molecule has 5 heteroatoms. The van der Waals surface area contributed by atoms with E-state index in [4.69, 9.17) is 9.08 Å². The maximum Gasteiger partial charge on any atom is 0.486 e. The summed E-state index contributed by atoms with van der Waals surface area (Å²) in [5.74, 6) is 0. The SMILES string of the molecule is CC1=CC[C@@H](CO[Si](C(C)C)(C(C)C)C(C)C)OB1O. The van der Waals surface area contributed by atoms with Gasteiger partial charge in [-0.1, -0.05) is 47.6 Å². The molecule has 0 aromatic heterocycles. The largest absolute Gasteiger partial charge is 0.486 e. The van der Waals surface area contributed by atoms with E-state index in [-0.39, 0.29) is 6.10 Å². The lowest BCUT2D eigenvalue weighted by atomic mass is 9.76. The lowest BCUT2D eigenvalue weighted by Crippen LogP contribution is -2.50. The van der Waals surface area contributed by atoms with Gasteiger partial charge in [-0.25, -0.2) is 0 Å². The fraction of sp³-hybridized carbons (Fsp3) is 0.867. The molecule has 0 saturated heterocycles. The molecular formula is C15H31BO3Si. The highest BCUT2D eigenvalue weighted by molar-refractivity contribution is 6.77. The van der Waals surface area contributed by atoms with Gasteiger partial charge in [-0.2, -0.15) is 0 Å². The first kappa shape index (κ1) is 18.0. The molecule has 1 aliphatic heterocycles. The van der Waals surface area contributed by atoms with E-state index in [0.717, 1.165) is 11.9 Å². The fourth-order valence-corrected chi connectivity index (χ4v) is 9.08. The summed E-state index contributed by atoms with van der Waals surface area (Å²) in [5.41, 5.74) is 2.64. The van der Waals surface area contributed by atoms with Gasteiger partial charge >= 0.3 is 7.12 Å². The molecular weight excluding hydrogens is 267 g/mol. The Morgan fingerprint density at radius 2 is 1.75 bits per heavy atom. The first-order valence-electron chi connectivity index (χ1n) is 7.85. The standard InChI is InChI=1S/C15H31BO3Si/c1-11(2)20(12(3)4,13(5)6)18-10-15-9-8-14(7)16(17)19-15/h8,11-13,15,17H,9-10H2,1-7H3/t15-/m0/s1. The quantitative estimate of drug-likeness (QED) is 0.755. The number of hydrogen-bond acceptors (Lipinski definition) is 3. The summed E-state index contributed by atoms with van der Waals surface area (Å²) < 4.78 is 12.1. The van der Waals surface area contributed by atoms with Crippen LogP contribution in [0.1, 0.15) is 54.9 Å². The number of allylic oxidation sites excluding steroid dienone is 1. The van der Waals surface area contributed by atoms with E-state index in [9.17, 15) is 5.02 Å². The zero-order valence-corrected chi connectivity index (χ0v) is 15.1. The van der Waals surface area contributed by atoms with Gasteiger partial charge in [0, 0.05) is 0 Å². The van der Waals surface area contributed by atoms with Crippen LogP contribution in [0.25, 0.3) is 0 Å². The fourth-order valence-electron chi connectivity index (χ4n) is 3.61. The molecule has 0 bridgehead atoms. The third-order valence-electron chi connectivity index (χ3n) is 4.64. The summed E-state index contributed by atoms with van der Waals surface area (Å²) in [7, 11) is -2.59. The summed E-state index contributed by atoms with van der Waals surface area (Å²) in [6.45, 7) is 16.2. The van der Waals surface area contributed by atoms with Gasteiger partial charge in [0.25, 0.3) is 0 Å². The van der Waals surface area contributed by atoms with Crippen LogP contribution in [0.5, 0.6) is 0 Å². The van der Waals surface area contributed by atoms with Gasteiger partial charge in [0.1, 0.15) is 0 Å². The summed E-state index contributed by atoms with van der Waals surface area (Å²) in [5, 5.41) is 9.77. The molecule has 1 aliphatic rings. The monoisotopic (exact) mass is 298 g/mol. The molecule has 0 unspecified atom stereocenters. The predicted molar refractivity (Wildman–Crippen MR) is 88.2 cm³/mol. The van der Waals surface area contributed by atoms with Gasteiger partial charge in [-0.05, 0) is 35.4 Å². The van der Waals surface area contributed by atoms with Crippen molar-refractivity contribution in [3.8, 4) is 0 Å². The van der Waals surface area contributed by atoms with Crippen LogP contribution in [0.4, 0.5) is 0 Å². The van der Waals surface area contributed by atoms with E-state index in [1.807, 2.05) is 6.92 Å². The van der Waals surface area contributed by atoms with Gasteiger partial charge in [-0.15, -0.1) is 0 Å². The molecule has 116 valence electrons. The van der Waals surface area contributed by atoms with Crippen LogP contribution in [-0.2, 0) is 9.08 Å². The van der Waals surface area contributed by atoms with Gasteiger partial charge < -0.3 is 14.1 Å². The average Bonchev–Trinajstić information content (AvgIpc) is 2.33. The second kappa shape index (κ2) is 7.25. The molecule has 1 rings (SSSR count). The van der Waals surface area contributed by atoms with Gasteiger partial charge in [-0.3, -0.25) is 0 Å². The van der Waals surface area contributed by atoms with Crippen LogP contribution in [-0.4, -0.2) is 33.2 Å². The second-order valence-corrected chi connectivity index (χ2v) is 12.4. The molecule has 0 aromatic carbocycles. The Morgan fingerprint density at radius 3 is 2.15 bits per heavy atom. The molecule has 0 radical (unpaired) electrons. The average molecular weight is 298 g/mol. The minimum atomic E-state index is -1.83. The van der Waals surface area contributed by atoms with E-state index in [2.05, 4.69) is 47.6 Å². The van der Waals surface area contributed by atoms with Crippen molar-refractivity contribution in [1.82, 2.24) is 0 Å². The minimum absolute atomic E-state index is 0.0168. The Bertz CT molecular complexity index is 320. The van der Waals surface area contributed by atoms with Gasteiger partial charge in [0.2, 0.25) is 0 Å². The molecule has 20 heavy (non-hydrogen) atoms. The smallest absolute Gasteiger partial charge is 0.423 e. The lowest BCUT2D eigenvalue weighted by Gasteiger charge is -2.43. The maximum atomic E-state index is 9.77. The van der Waals surface area contributed by atoms with E-state index in [1.165, 1.54) is 0 Å². The highest BCUT2D eigenvalue weighted by atomic mass is 28.4. The molecule has 0 aliphatic carbocycles. The van der Waals surface area contributed by atoms with Crippen molar-refractivity contribution in [2.45, 2.75) is 77.6 Å². The van der Waals surface area contributed by atoms with Crippen LogP contribution in [0.2, 0.25) is 16.6 Å². The highest BCUT2D eigenvalue weighted by Crippen LogP contribution is 2.42. The molecule has 0 aromatic rings. The summed E-state index contributed by atoms with van der Waals surface area (Å²) >= 11 is 0. The number of rotatable bonds is 6. The topological polar surface area (TPSA) is 38.7 Å². The Balaban J connectivity index is 2.73. The van der Waals surface area contributed by atoms with Crippen molar-refractivity contribution in [3.05, 3.63) is 11.5 Å².